The standard InChI is InChI=1S/C57H107N31O13S/c1-30-44(94)82-33(12-6-22-75-54(64)65)49(99)86-37(15-9-25-78-57(70)71)51(101)88(27-26-72-40(90)16-2-3-17-41(91)80-31(10-4-20-73-52(60)61)46(96)85-36(45(95)79-30)18-19-39(58)89)28-42(92)81-32(11-5-21-74-53(62)63)47(97)83-34(13-7-23-76-55(66)67)48(98)84-35(14-8-24-77-56(68)69)50(100)87-38(29-102)43(59)93/h30-38,102H,2-29H2,1H3,(H2,58,89)(H2,59,93)(H,72,90)(H,79,95)(H,80,91)(H,81,92)(H,82,94)(H,83,97)(H,84,98)(H,85,96)(H,86,99)(H,87,100)(H4,60,61,73)(H4,62,63,74)(H4,64,65,75)(H4,66,67,76)(H4,68,69,77)(H4,70,71,78)/t30-,31-,32-,33-,34-,35-,36-,37-,38-/m0/s1. The number of carbonyl (C=O) groups is 13. The number of hydrogen-bond donors (Lipinski definition) is 25. The molecule has 0 aromatic heterocycles. The Hall–Kier alpha value is -10.9. The third-order valence-electron chi connectivity index (χ3n) is 14.8. The number of carbonyl (C=O) groups excluding carboxylic acids is 13. The van der Waals surface area contributed by atoms with Crippen molar-refractivity contribution in [2.24, 2.45) is 110 Å². The smallest absolute Gasteiger partial charge is 0.245 e. The maximum Gasteiger partial charge on any atom is 0.245 e. The fraction of sp³-hybridized carbons (Fsp3) is 0.667. The SMILES string of the molecule is C[C@@H]1NC(=O)[C@H](CCC(N)=O)NC(=O)[C@H](CCCN=C(N)N)NC(=O)CCCCC(=O)NCCN(CC(=O)N[C@@H](CCCN=C(N)N)C(=O)N[C@@H](CCCN=C(N)N)C(=O)N[C@@H](CCCN=C(N)N)C(=O)N[C@@H](CS)C(N)=O)C(=O)[C@H](CCCN=C(N)N)NC(=O)[C@H](CCCN=C(N)N)NC1=O. The van der Waals surface area contributed by atoms with Crippen molar-refractivity contribution in [1.29, 1.82) is 0 Å². The van der Waals surface area contributed by atoms with E-state index in [4.69, 9.17) is 80.3 Å². The molecule has 1 heterocycles. The highest BCUT2D eigenvalue weighted by Crippen LogP contribution is 2.12. The lowest BCUT2D eigenvalue weighted by atomic mass is 10.0. The average molecular weight is 1470 g/mol. The lowest BCUT2D eigenvalue weighted by molar-refractivity contribution is -0.141. The minimum Gasteiger partial charge on any atom is -0.370 e. The summed E-state index contributed by atoms with van der Waals surface area (Å²) in [5.41, 5.74) is 77.4. The van der Waals surface area contributed by atoms with E-state index in [0.29, 0.717) is 0 Å². The van der Waals surface area contributed by atoms with Gasteiger partial charge in [-0.05, 0) is 103 Å². The molecule has 102 heavy (non-hydrogen) atoms. The molecule has 0 aliphatic carbocycles. The van der Waals surface area contributed by atoms with Crippen LogP contribution in [-0.2, 0) is 62.3 Å². The molecule has 0 unspecified atom stereocenters. The second-order valence-electron chi connectivity index (χ2n) is 23.4. The summed E-state index contributed by atoms with van der Waals surface area (Å²) in [5, 5.41) is 25.7. The van der Waals surface area contributed by atoms with Gasteiger partial charge in [-0.15, -0.1) is 0 Å². The van der Waals surface area contributed by atoms with Crippen LogP contribution in [0, 0.1) is 0 Å². The highest BCUT2D eigenvalue weighted by molar-refractivity contribution is 7.80. The van der Waals surface area contributed by atoms with Crippen molar-refractivity contribution < 1.29 is 62.3 Å². The minimum absolute atomic E-state index is 0.00812. The molecule has 0 saturated carbocycles. The Morgan fingerprint density at radius 1 is 0.451 bits per heavy atom. The van der Waals surface area contributed by atoms with Crippen LogP contribution in [0.4, 0.5) is 0 Å². The van der Waals surface area contributed by atoms with Crippen LogP contribution in [0.5, 0.6) is 0 Å². The van der Waals surface area contributed by atoms with E-state index in [-0.39, 0.29) is 196 Å². The van der Waals surface area contributed by atoms with E-state index in [2.05, 4.69) is 95.8 Å². The summed E-state index contributed by atoms with van der Waals surface area (Å²) >= 11 is 4.08. The van der Waals surface area contributed by atoms with Crippen LogP contribution in [0.1, 0.15) is 122 Å². The first-order chi connectivity index (χ1) is 48.1. The third kappa shape index (κ3) is 40.2. The Bertz CT molecular complexity index is 2980. The molecule has 0 spiro atoms. The van der Waals surface area contributed by atoms with Gasteiger partial charge in [0.05, 0.1) is 6.54 Å². The van der Waals surface area contributed by atoms with Gasteiger partial charge in [0.1, 0.15) is 54.4 Å². The maximum absolute atomic E-state index is 15.2. The normalized spacial score (nSPS) is 18.7. The molecule has 0 radical (unpaired) electrons. The van der Waals surface area contributed by atoms with Crippen molar-refractivity contribution in [1.82, 2.24) is 58.1 Å². The van der Waals surface area contributed by atoms with Crippen molar-refractivity contribution in [2.75, 3.05) is 64.7 Å². The van der Waals surface area contributed by atoms with E-state index in [1.807, 2.05) is 0 Å². The Kier molecular flexibility index (Phi) is 43.3. The largest absolute Gasteiger partial charge is 0.370 e. The van der Waals surface area contributed by atoms with Crippen molar-refractivity contribution >= 4 is 125 Å². The fourth-order valence-electron chi connectivity index (χ4n) is 9.58. The summed E-state index contributed by atoms with van der Waals surface area (Å²) in [6.07, 6.45) is -1.67. The number of primary amides is 2. The van der Waals surface area contributed by atoms with Crippen LogP contribution < -0.4 is 133 Å². The summed E-state index contributed by atoms with van der Waals surface area (Å²) < 4.78 is 0. The van der Waals surface area contributed by atoms with E-state index < -0.39 is 151 Å². The zero-order chi connectivity index (χ0) is 76.9. The fourth-order valence-corrected chi connectivity index (χ4v) is 9.85. The Morgan fingerprint density at radius 2 is 0.804 bits per heavy atom. The Balaban J connectivity index is 4.13. The molecule has 1 aliphatic heterocycles. The number of nitrogens with two attached hydrogens (primary N) is 14. The zero-order valence-corrected chi connectivity index (χ0v) is 58.4. The van der Waals surface area contributed by atoms with Gasteiger partial charge in [0.2, 0.25) is 76.8 Å². The van der Waals surface area contributed by atoms with Gasteiger partial charge in [-0.3, -0.25) is 92.3 Å². The molecule has 9 atom stereocenters. The van der Waals surface area contributed by atoms with Crippen molar-refractivity contribution in [3.63, 3.8) is 0 Å². The van der Waals surface area contributed by atoms with E-state index in [1.54, 1.807) is 0 Å². The number of thiol groups is 1. The second kappa shape index (κ2) is 49.6. The first kappa shape index (κ1) is 89.1. The Labute approximate surface area is 595 Å². The molecule has 13 amide bonds. The molecule has 574 valence electrons. The van der Waals surface area contributed by atoms with E-state index >= 15 is 4.79 Å². The van der Waals surface area contributed by atoms with Crippen LogP contribution in [0.2, 0.25) is 0 Å². The molecule has 0 bridgehead atoms. The topological polar surface area (TPSA) is 784 Å². The van der Waals surface area contributed by atoms with Crippen LogP contribution >= 0.6 is 12.6 Å². The number of nitrogens with one attached hydrogen (secondary N) is 10. The predicted molar refractivity (Wildman–Crippen MR) is 382 cm³/mol. The quantitative estimate of drug-likeness (QED) is 0.0118. The summed E-state index contributed by atoms with van der Waals surface area (Å²) in [5.74, 6) is -13.5. The molecule has 0 aromatic carbocycles. The number of aliphatic imine (C=N–C) groups is 6. The van der Waals surface area contributed by atoms with E-state index in [1.165, 1.54) is 6.92 Å². The van der Waals surface area contributed by atoms with Crippen molar-refractivity contribution in [3.05, 3.63) is 0 Å². The molecule has 1 rings (SSSR count). The molecule has 45 heteroatoms. The zero-order valence-electron chi connectivity index (χ0n) is 57.5. The molecule has 1 fully saturated rings. The number of rotatable bonds is 38. The molecule has 1 saturated heterocycles. The van der Waals surface area contributed by atoms with Crippen LogP contribution in [0.15, 0.2) is 30.0 Å². The summed E-state index contributed by atoms with van der Waals surface area (Å²) in [6.45, 7) is -0.711. The molecule has 1 aliphatic rings. The van der Waals surface area contributed by atoms with Gasteiger partial charge < -0.3 is 138 Å². The number of hydrogen-bond acceptors (Lipinski definition) is 20. The summed E-state index contributed by atoms with van der Waals surface area (Å²) in [6, 6.07) is -13.2. The molecular weight excluding hydrogens is 1360 g/mol. The van der Waals surface area contributed by atoms with Crippen molar-refractivity contribution in [3.8, 4) is 0 Å². The molecule has 44 nitrogen and oxygen atoms in total. The molecular formula is C57H107N31O13S. The first-order valence-electron chi connectivity index (χ1n) is 32.9. The highest BCUT2D eigenvalue weighted by atomic mass is 32.1. The van der Waals surface area contributed by atoms with Gasteiger partial charge in [-0.1, -0.05) is 0 Å². The van der Waals surface area contributed by atoms with Crippen LogP contribution in [0.3, 0.4) is 0 Å². The van der Waals surface area contributed by atoms with E-state index in [9.17, 15) is 57.5 Å². The first-order valence-corrected chi connectivity index (χ1v) is 33.5. The van der Waals surface area contributed by atoms with Gasteiger partial charge in [0.15, 0.2) is 35.8 Å². The minimum atomic E-state index is -1.59. The Morgan fingerprint density at radius 3 is 1.22 bits per heavy atom. The van der Waals surface area contributed by atoms with Gasteiger partial charge in [0.25, 0.3) is 0 Å². The summed E-state index contributed by atoms with van der Waals surface area (Å²) in [7, 11) is 0. The number of nitrogens with zero attached hydrogens (tertiary/aromatic N) is 7. The third-order valence-corrected chi connectivity index (χ3v) is 15.2. The summed E-state index contributed by atoms with van der Waals surface area (Å²) in [4.78, 5) is 205. The monoisotopic (exact) mass is 1470 g/mol. The predicted octanol–water partition coefficient (Wildman–Crippen LogP) is -12.1. The number of amides is 13. The van der Waals surface area contributed by atoms with Gasteiger partial charge in [-0.25, -0.2) is 0 Å². The van der Waals surface area contributed by atoms with Gasteiger partial charge >= 0.3 is 0 Å². The van der Waals surface area contributed by atoms with Crippen LogP contribution in [-0.4, -0.2) is 236 Å². The van der Waals surface area contributed by atoms with Crippen molar-refractivity contribution in [2.45, 2.75) is 177 Å². The van der Waals surface area contributed by atoms with Crippen LogP contribution in [0.25, 0.3) is 0 Å². The lowest BCUT2D eigenvalue weighted by Gasteiger charge is -2.30. The average Bonchev–Trinajstić information content (AvgIpc) is 0.871. The molecule has 0 aromatic rings. The van der Waals surface area contributed by atoms with E-state index in [0.717, 1.165) is 4.90 Å². The van der Waals surface area contributed by atoms with Gasteiger partial charge in [-0.2, -0.15) is 12.6 Å². The second-order valence-corrected chi connectivity index (χ2v) is 23.8. The number of guanidine groups is 6. The van der Waals surface area contributed by atoms with Gasteiger partial charge in [0, 0.05) is 77.4 Å². The lowest BCUT2D eigenvalue weighted by Crippen LogP contribution is -2.59. The maximum atomic E-state index is 15.2. The highest BCUT2D eigenvalue weighted by Gasteiger charge is 2.36. The molecule has 38 N–H and O–H groups in total.